The van der Waals surface area contributed by atoms with Gasteiger partial charge < -0.3 is 4.74 Å². The van der Waals surface area contributed by atoms with Crippen molar-refractivity contribution in [3.8, 4) is 0 Å². The largest absolute Gasteiger partial charge is 0.380 e. The smallest absolute Gasteiger partial charge is 0.0829 e. The molecule has 0 heterocycles. The van der Waals surface area contributed by atoms with E-state index in [0.717, 1.165) is 12.8 Å². The van der Waals surface area contributed by atoms with Gasteiger partial charge in [-0.05, 0) is 48.6 Å². The number of allylic oxidation sites excluding steroid dienone is 1. The lowest BCUT2D eigenvalue weighted by Gasteiger charge is -2.27. The van der Waals surface area contributed by atoms with Crippen LogP contribution in [0.4, 0.5) is 4.39 Å². The van der Waals surface area contributed by atoms with Crippen LogP contribution in [-0.4, -0.2) is 7.11 Å². The van der Waals surface area contributed by atoms with E-state index in [1.54, 1.807) is 13.2 Å². The number of methoxy groups -OCH3 is 1. The third-order valence-electron chi connectivity index (χ3n) is 3.88. The second kappa shape index (κ2) is 6.69. The monoisotopic (exact) mass is 248 g/mol. The Labute approximate surface area is 109 Å². The van der Waals surface area contributed by atoms with E-state index in [-0.39, 0.29) is 0 Å². The molecule has 1 aliphatic rings. The van der Waals surface area contributed by atoms with Gasteiger partial charge in [0.1, 0.15) is 0 Å². The van der Waals surface area contributed by atoms with Gasteiger partial charge in [0.15, 0.2) is 0 Å². The van der Waals surface area contributed by atoms with Gasteiger partial charge in [-0.3, -0.25) is 0 Å². The zero-order chi connectivity index (χ0) is 12.8. The zero-order valence-electron chi connectivity index (χ0n) is 10.9. The molecule has 0 unspecified atom stereocenters. The molecule has 1 aromatic rings. The molecule has 1 saturated carbocycles. The van der Waals surface area contributed by atoms with Crippen molar-refractivity contribution < 1.29 is 9.13 Å². The summed E-state index contributed by atoms with van der Waals surface area (Å²) < 4.78 is 17.2. The van der Waals surface area contributed by atoms with Crippen LogP contribution in [0.2, 0.25) is 0 Å². The van der Waals surface area contributed by atoms with E-state index >= 15 is 0 Å². The molecule has 0 spiro atoms. The molecule has 98 valence electrons. The predicted octanol–water partition coefficient (Wildman–Crippen LogP) is 4.59. The molecule has 18 heavy (non-hydrogen) atoms. The van der Waals surface area contributed by atoms with Gasteiger partial charge in [0, 0.05) is 7.11 Å². The molecule has 1 nitrogen and oxygen atoms in total. The van der Waals surface area contributed by atoms with Crippen molar-refractivity contribution in [3.05, 3.63) is 47.8 Å². The van der Waals surface area contributed by atoms with Crippen LogP contribution in [0.25, 0.3) is 0 Å². The summed E-state index contributed by atoms with van der Waals surface area (Å²) in [6, 6.07) is 8.72. The first-order valence-electron chi connectivity index (χ1n) is 6.68. The number of hydrogen-bond acceptors (Lipinski definition) is 1. The first kappa shape index (κ1) is 13.3. The molecular formula is C16H21FO. The summed E-state index contributed by atoms with van der Waals surface area (Å²) in [5.41, 5.74) is 2.63. The van der Waals surface area contributed by atoms with Crippen molar-refractivity contribution in [2.24, 2.45) is 5.92 Å². The summed E-state index contributed by atoms with van der Waals surface area (Å²) >= 11 is 0. The quantitative estimate of drug-likeness (QED) is 0.757. The van der Waals surface area contributed by atoms with E-state index in [1.165, 1.54) is 24.0 Å². The second-order valence-electron chi connectivity index (χ2n) is 5.10. The molecule has 1 aromatic carbocycles. The normalized spacial score (nSPS) is 24.6. The number of halogens is 1. The lowest BCUT2D eigenvalue weighted by Crippen LogP contribution is -2.11. The first-order chi connectivity index (χ1) is 8.83. The Bertz CT molecular complexity index is 375. The maximum atomic E-state index is 12.1. The highest BCUT2D eigenvalue weighted by atomic mass is 19.1. The fourth-order valence-electron chi connectivity index (χ4n) is 2.80. The van der Waals surface area contributed by atoms with Crippen molar-refractivity contribution in [1.29, 1.82) is 0 Å². The number of benzene rings is 1. The summed E-state index contributed by atoms with van der Waals surface area (Å²) in [4.78, 5) is 0. The zero-order valence-corrected chi connectivity index (χ0v) is 10.9. The Morgan fingerprint density at radius 2 is 1.83 bits per heavy atom. The highest BCUT2D eigenvalue weighted by molar-refractivity contribution is 5.25. The molecule has 1 fully saturated rings. The molecule has 0 radical (unpaired) electrons. The summed E-state index contributed by atoms with van der Waals surface area (Å²) in [7, 11) is 1.72. The van der Waals surface area contributed by atoms with Crippen molar-refractivity contribution >= 4 is 0 Å². The molecule has 2 rings (SSSR count). The summed E-state index contributed by atoms with van der Waals surface area (Å²) in [6.07, 6.45) is 6.94. The molecule has 0 aromatic heterocycles. The molecule has 0 amide bonds. The third kappa shape index (κ3) is 3.42. The fraction of sp³-hybridized carbons (Fsp3) is 0.500. The maximum Gasteiger partial charge on any atom is 0.0829 e. The van der Waals surface area contributed by atoms with E-state index in [1.807, 2.05) is 0 Å². The van der Waals surface area contributed by atoms with Crippen LogP contribution in [0.15, 0.2) is 36.7 Å². The lowest BCUT2D eigenvalue weighted by molar-refractivity contribution is 0.185. The van der Waals surface area contributed by atoms with Gasteiger partial charge in [0.2, 0.25) is 0 Å². The maximum absolute atomic E-state index is 12.1. The Kier molecular flexibility index (Phi) is 4.94. The standard InChI is InChI=1S/C16H21FO/c1-18-12-14-4-8-16(9-5-14)15-6-2-13(3-7-15)10-11-17/h4-5,8-11,13,15H,2-3,6-7,12H2,1H3/t13-,15-. The molecule has 2 heteroatoms. The van der Waals surface area contributed by atoms with Crippen LogP contribution in [0, 0.1) is 5.92 Å². The SMILES string of the molecule is COCc1ccc([C@H]2CC[C@H](C=CF)CC2)cc1. The van der Waals surface area contributed by atoms with Crippen molar-refractivity contribution in [2.75, 3.05) is 7.11 Å². The lowest BCUT2D eigenvalue weighted by atomic mass is 9.78. The van der Waals surface area contributed by atoms with Crippen LogP contribution in [0.3, 0.4) is 0 Å². The molecule has 0 N–H and O–H groups in total. The minimum atomic E-state index is 0.444. The third-order valence-corrected chi connectivity index (χ3v) is 3.88. The first-order valence-corrected chi connectivity index (χ1v) is 6.68. The minimum absolute atomic E-state index is 0.444. The highest BCUT2D eigenvalue weighted by Crippen LogP contribution is 2.36. The summed E-state index contributed by atoms with van der Waals surface area (Å²) in [5.74, 6) is 1.09. The van der Waals surface area contributed by atoms with Gasteiger partial charge in [-0.2, -0.15) is 0 Å². The van der Waals surface area contributed by atoms with Gasteiger partial charge in [-0.15, -0.1) is 0 Å². The molecular weight excluding hydrogens is 227 g/mol. The van der Waals surface area contributed by atoms with Gasteiger partial charge in [0.25, 0.3) is 0 Å². The fourth-order valence-corrected chi connectivity index (χ4v) is 2.80. The Hall–Kier alpha value is -1.15. The van der Waals surface area contributed by atoms with Crippen LogP contribution >= 0.6 is 0 Å². The number of ether oxygens (including phenoxy) is 1. The molecule has 0 saturated heterocycles. The van der Waals surface area contributed by atoms with Crippen molar-refractivity contribution in [2.45, 2.75) is 38.2 Å². The van der Waals surface area contributed by atoms with Crippen LogP contribution in [0.1, 0.15) is 42.7 Å². The number of hydrogen-bond donors (Lipinski definition) is 0. The average molecular weight is 248 g/mol. The molecule has 0 atom stereocenters. The van der Waals surface area contributed by atoms with Gasteiger partial charge in [-0.1, -0.05) is 30.3 Å². The van der Waals surface area contributed by atoms with E-state index < -0.39 is 0 Å². The van der Waals surface area contributed by atoms with Crippen LogP contribution in [0.5, 0.6) is 0 Å². The van der Waals surface area contributed by atoms with E-state index in [9.17, 15) is 4.39 Å². The minimum Gasteiger partial charge on any atom is -0.380 e. The highest BCUT2D eigenvalue weighted by Gasteiger charge is 2.20. The Balaban J connectivity index is 1.92. The van der Waals surface area contributed by atoms with Gasteiger partial charge in [-0.25, -0.2) is 4.39 Å². The predicted molar refractivity (Wildman–Crippen MR) is 72.1 cm³/mol. The molecule has 1 aliphatic carbocycles. The summed E-state index contributed by atoms with van der Waals surface area (Å²) in [6.45, 7) is 0.675. The van der Waals surface area contributed by atoms with E-state index in [2.05, 4.69) is 24.3 Å². The molecule has 0 aliphatic heterocycles. The Morgan fingerprint density at radius 3 is 2.39 bits per heavy atom. The Morgan fingerprint density at radius 1 is 1.17 bits per heavy atom. The second-order valence-corrected chi connectivity index (χ2v) is 5.10. The summed E-state index contributed by atoms with van der Waals surface area (Å²) in [5, 5.41) is 0. The topological polar surface area (TPSA) is 9.23 Å². The van der Waals surface area contributed by atoms with Gasteiger partial charge >= 0.3 is 0 Å². The number of rotatable bonds is 4. The van der Waals surface area contributed by atoms with Crippen LogP contribution in [-0.2, 0) is 11.3 Å². The van der Waals surface area contributed by atoms with E-state index in [4.69, 9.17) is 4.74 Å². The van der Waals surface area contributed by atoms with Crippen molar-refractivity contribution in [1.82, 2.24) is 0 Å². The van der Waals surface area contributed by atoms with Gasteiger partial charge in [0.05, 0.1) is 12.9 Å². The average Bonchev–Trinajstić information content (AvgIpc) is 2.41. The van der Waals surface area contributed by atoms with Crippen LogP contribution < -0.4 is 0 Å². The van der Waals surface area contributed by atoms with Crippen molar-refractivity contribution in [3.63, 3.8) is 0 Å². The van der Waals surface area contributed by atoms with E-state index in [0.29, 0.717) is 24.8 Å². The molecule has 0 bridgehead atoms.